The van der Waals surface area contributed by atoms with Crippen molar-refractivity contribution in [2.24, 2.45) is 0 Å². The monoisotopic (exact) mass is 342 g/mol. The lowest BCUT2D eigenvalue weighted by Gasteiger charge is -2.32. The van der Waals surface area contributed by atoms with Gasteiger partial charge in [-0.05, 0) is 36.8 Å². The summed E-state index contributed by atoms with van der Waals surface area (Å²) in [6.45, 7) is 3.92. The minimum atomic E-state index is 0.248. The van der Waals surface area contributed by atoms with E-state index >= 15 is 0 Å². The molecule has 0 bridgehead atoms. The number of benzene rings is 1. The molecule has 1 atom stereocenters. The Hall–Kier alpha value is -1.68. The van der Waals surface area contributed by atoms with Gasteiger partial charge < -0.3 is 4.90 Å². The van der Waals surface area contributed by atoms with Gasteiger partial charge in [0.2, 0.25) is 5.91 Å². The highest BCUT2D eigenvalue weighted by atomic mass is 32.1. The maximum absolute atomic E-state index is 12.6. The Kier molecular flexibility index (Phi) is 6.02. The molecule has 2 heterocycles. The fourth-order valence-electron chi connectivity index (χ4n) is 3.33. The number of piperidine rings is 1. The predicted molar refractivity (Wildman–Crippen MR) is 99.4 cm³/mol. The number of carbonyl (C=O) groups excluding carboxylic acids is 1. The second-order valence-electron chi connectivity index (χ2n) is 6.65. The van der Waals surface area contributed by atoms with Crippen LogP contribution in [-0.4, -0.2) is 28.9 Å². The summed E-state index contributed by atoms with van der Waals surface area (Å²) in [5.74, 6) is 0.664. The zero-order chi connectivity index (χ0) is 16.8. The SMILES string of the molecule is CCCCc1ccc(CC(=O)N2CCCC(c3nccs3)C2)cc1. The number of hydrogen-bond donors (Lipinski definition) is 0. The van der Waals surface area contributed by atoms with Gasteiger partial charge in [-0.15, -0.1) is 11.3 Å². The molecule has 1 aromatic carbocycles. The summed E-state index contributed by atoms with van der Waals surface area (Å²) in [5.41, 5.74) is 2.49. The van der Waals surface area contributed by atoms with E-state index in [1.54, 1.807) is 11.3 Å². The Bertz CT molecular complexity index is 636. The Balaban J connectivity index is 1.56. The highest BCUT2D eigenvalue weighted by Gasteiger charge is 2.26. The van der Waals surface area contributed by atoms with Crippen LogP contribution in [0.3, 0.4) is 0 Å². The minimum absolute atomic E-state index is 0.248. The third-order valence-electron chi connectivity index (χ3n) is 4.77. The summed E-state index contributed by atoms with van der Waals surface area (Å²) in [6.07, 6.45) is 8.17. The molecule has 1 fully saturated rings. The van der Waals surface area contributed by atoms with Crippen molar-refractivity contribution >= 4 is 17.2 Å². The fourth-order valence-corrected chi connectivity index (χ4v) is 4.10. The third-order valence-corrected chi connectivity index (χ3v) is 5.71. The lowest BCUT2D eigenvalue weighted by molar-refractivity contribution is -0.131. The number of rotatable bonds is 6. The first kappa shape index (κ1) is 17.2. The molecule has 1 saturated heterocycles. The molecule has 1 amide bonds. The van der Waals surface area contributed by atoms with Gasteiger partial charge in [0, 0.05) is 30.6 Å². The molecule has 0 N–H and O–H groups in total. The van der Waals surface area contributed by atoms with Gasteiger partial charge in [0.05, 0.1) is 11.4 Å². The molecule has 1 unspecified atom stereocenters. The topological polar surface area (TPSA) is 33.2 Å². The molecule has 1 aromatic heterocycles. The minimum Gasteiger partial charge on any atom is -0.342 e. The van der Waals surface area contributed by atoms with E-state index in [0.717, 1.165) is 37.9 Å². The summed E-state index contributed by atoms with van der Waals surface area (Å²) in [5, 5.41) is 3.20. The van der Waals surface area contributed by atoms with Crippen LogP contribution in [0.4, 0.5) is 0 Å². The van der Waals surface area contributed by atoms with E-state index in [4.69, 9.17) is 0 Å². The molecular weight excluding hydrogens is 316 g/mol. The number of likely N-dealkylation sites (tertiary alicyclic amines) is 1. The maximum Gasteiger partial charge on any atom is 0.227 e. The summed E-state index contributed by atoms with van der Waals surface area (Å²) < 4.78 is 0. The van der Waals surface area contributed by atoms with Gasteiger partial charge in [0.1, 0.15) is 0 Å². The van der Waals surface area contributed by atoms with Gasteiger partial charge in [-0.1, -0.05) is 37.6 Å². The molecule has 1 aliphatic heterocycles. The second-order valence-corrected chi connectivity index (χ2v) is 7.57. The normalized spacial score (nSPS) is 17.9. The molecule has 3 nitrogen and oxygen atoms in total. The van der Waals surface area contributed by atoms with Crippen molar-refractivity contribution in [3.05, 3.63) is 52.0 Å². The Morgan fingerprint density at radius 1 is 1.29 bits per heavy atom. The smallest absolute Gasteiger partial charge is 0.227 e. The molecule has 0 saturated carbocycles. The zero-order valence-electron chi connectivity index (χ0n) is 14.4. The Morgan fingerprint density at radius 3 is 2.79 bits per heavy atom. The van der Waals surface area contributed by atoms with E-state index in [9.17, 15) is 4.79 Å². The van der Waals surface area contributed by atoms with Gasteiger partial charge in [-0.3, -0.25) is 4.79 Å². The van der Waals surface area contributed by atoms with Gasteiger partial charge in [0.25, 0.3) is 0 Å². The van der Waals surface area contributed by atoms with Crippen LogP contribution >= 0.6 is 11.3 Å². The van der Waals surface area contributed by atoms with E-state index in [2.05, 4.69) is 36.2 Å². The molecule has 2 aromatic rings. The average molecular weight is 343 g/mol. The van der Waals surface area contributed by atoms with Crippen molar-refractivity contribution in [1.82, 2.24) is 9.88 Å². The average Bonchev–Trinajstić information content (AvgIpc) is 3.16. The fraction of sp³-hybridized carbons (Fsp3) is 0.500. The Morgan fingerprint density at radius 2 is 2.08 bits per heavy atom. The van der Waals surface area contributed by atoms with Crippen molar-refractivity contribution < 1.29 is 4.79 Å². The molecule has 0 radical (unpaired) electrons. The van der Waals surface area contributed by atoms with Crippen LogP contribution in [0.5, 0.6) is 0 Å². The number of hydrogen-bond acceptors (Lipinski definition) is 3. The number of amides is 1. The van der Waals surface area contributed by atoms with Crippen LogP contribution in [0.25, 0.3) is 0 Å². The van der Waals surface area contributed by atoms with E-state index < -0.39 is 0 Å². The van der Waals surface area contributed by atoms with E-state index in [0.29, 0.717) is 12.3 Å². The number of unbranched alkanes of at least 4 members (excludes halogenated alkanes) is 1. The molecule has 1 aliphatic rings. The summed E-state index contributed by atoms with van der Waals surface area (Å²) in [4.78, 5) is 19.1. The van der Waals surface area contributed by atoms with Crippen molar-refractivity contribution in [2.45, 2.75) is 51.4 Å². The van der Waals surface area contributed by atoms with E-state index in [1.165, 1.54) is 23.4 Å². The highest BCUT2D eigenvalue weighted by Crippen LogP contribution is 2.28. The van der Waals surface area contributed by atoms with Crippen LogP contribution in [-0.2, 0) is 17.6 Å². The quantitative estimate of drug-likeness (QED) is 0.778. The molecule has 4 heteroatoms. The molecular formula is C20H26N2OS. The predicted octanol–water partition coefficient (Wildman–Crippen LogP) is 4.43. The van der Waals surface area contributed by atoms with Gasteiger partial charge >= 0.3 is 0 Å². The van der Waals surface area contributed by atoms with Crippen LogP contribution < -0.4 is 0 Å². The maximum atomic E-state index is 12.6. The first-order chi connectivity index (χ1) is 11.8. The molecule has 128 valence electrons. The van der Waals surface area contributed by atoms with Crippen molar-refractivity contribution in [2.75, 3.05) is 13.1 Å². The van der Waals surface area contributed by atoms with E-state index in [1.807, 2.05) is 16.5 Å². The van der Waals surface area contributed by atoms with E-state index in [-0.39, 0.29) is 5.91 Å². The standard InChI is InChI=1S/C20H26N2OS/c1-2-3-5-16-7-9-17(10-8-16)14-19(23)22-12-4-6-18(15-22)20-21-11-13-24-20/h7-11,13,18H,2-6,12,14-15H2,1H3. The van der Waals surface area contributed by atoms with Crippen molar-refractivity contribution in [3.63, 3.8) is 0 Å². The Labute approximate surface area is 148 Å². The van der Waals surface area contributed by atoms with Crippen LogP contribution in [0.15, 0.2) is 35.8 Å². The largest absolute Gasteiger partial charge is 0.342 e. The first-order valence-electron chi connectivity index (χ1n) is 9.01. The molecule has 0 aliphatic carbocycles. The summed E-state index contributed by atoms with van der Waals surface area (Å²) in [6, 6.07) is 8.58. The highest BCUT2D eigenvalue weighted by molar-refractivity contribution is 7.09. The third kappa shape index (κ3) is 4.44. The van der Waals surface area contributed by atoms with Crippen LogP contribution in [0.1, 0.15) is 54.7 Å². The number of aromatic nitrogens is 1. The second kappa shape index (κ2) is 8.43. The summed E-state index contributed by atoms with van der Waals surface area (Å²) in [7, 11) is 0. The van der Waals surface area contributed by atoms with Crippen molar-refractivity contribution in [3.8, 4) is 0 Å². The molecule has 0 spiro atoms. The molecule has 3 rings (SSSR count). The van der Waals surface area contributed by atoms with Crippen LogP contribution in [0.2, 0.25) is 0 Å². The lowest BCUT2D eigenvalue weighted by atomic mass is 9.98. The number of aryl methyl sites for hydroxylation is 1. The van der Waals surface area contributed by atoms with Gasteiger partial charge in [0.15, 0.2) is 0 Å². The summed E-state index contributed by atoms with van der Waals surface area (Å²) >= 11 is 1.71. The number of carbonyl (C=O) groups is 1. The van der Waals surface area contributed by atoms with Gasteiger partial charge in [-0.2, -0.15) is 0 Å². The molecule has 24 heavy (non-hydrogen) atoms. The lowest BCUT2D eigenvalue weighted by Crippen LogP contribution is -2.39. The first-order valence-corrected chi connectivity index (χ1v) is 9.89. The van der Waals surface area contributed by atoms with Gasteiger partial charge in [-0.25, -0.2) is 4.98 Å². The van der Waals surface area contributed by atoms with Crippen molar-refractivity contribution in [1.29, 1.82) is 0 Å². The van der Waals surface area contributed by atoms with Crippen LogP contribution in [0, 0.1) is 0 Å². The number of nitrogens with zero attached hydrogens (tertiary/aromatic N) is 2. The zero-order valence-corrected chi connectivity index (χ0v) is 15.2. The number of thiazole rings is 1.